The molecule has 0 aromatic rings. The lowest BCUT2D eigenvalue weighted by atomic mass is 10.0. The monoisotopic (exact) mass is 314 g/mol. The van der Waals surface area contributed by atoms with E-state index in [9.17, 15) is 4.39 Å². The van der Waals surface area contributed by atoms with Gasteiger partial charge in [0.15, 0.2) is 0 Å². The van der Waals surface area contributed by atoms with Crippen LogP contribution in [0.3, 0.4) is 0 Å². The number of hydrogen-bond donors (Lipinski definition) is 0. The van der Waals surface area contributed by atoms with Gasteiger partial charge in [-0.3, -0.25) is 0 Å². The molecular formula is C21H43F. The van der Waals surface area contributed by atoms with Crippen LogP contribution in [0.25, 0.3) is 0 Å². The molecule has 0 aliphatic rings. The van der Waals surface area contributed by atoms with Crippen molar-refractivity contribution in [2.45, 2.75) is 136 Å². The molecule has 0 radical (unpaired) electrons. The minimum atomic E-state index is -0.528. The molecule has 134 valence electrons. The average Bonchev–Trinajstić information content (AvgIpc) is 2.52. The van der Waals surface area contributed by atoms with Gasteiger partial charge in [-0.25, -0.2) is 4.39 Å². The lowest BCUT2D eigenvalue weighted by molar-refractivity contribution is 0.279. The number of hydrogen-bond acceptors (Lipinski definition) is 0. The summed E-state index contributed by atoms with van der Waals surface area (Å²) in [5.74, 6) is 0. The summed E-state index contributed by atoms with van der Waals surface area (Å²) in [4.78, 5) is 0. The summed E-state index contributed by atoms with van der Waals surface area (Å²) in [7, 11) is 0. The second-order valence-electron chi connectivity index (χ2n) is 7.12. The molecule has 0 spiro atoms. The normalized spacial score (nSPS) is 12.7. The summed E-state index contributed by atoms with van der Waals surface area (Å²) < 4.78 is 13.6. The molecule has 0 bridgehead atoms. The highest BCUT2D eigenvalue weighted by atomic mass is 19.1. The Hall–Kier alpha value is -0.0700. The van der Waals surface area contributed by atoms with Crippen LogP contribution in [0, 0.1) is 0 Å². The highest BCUT2D eigenvalue weighted by Crippen LogP contribution is 2.16. The fourth-order valence-corrected chi connectivity index (χ4v) is 3.14. The number of halogens is 1. The van der Waals surface area contributed by atoms with Gasteiger partial charge in [-0.05, 0) is 12.8 Å². The first-order chi connectivity index (χ1) is 10.8. The van der Waals surface area contributed by atoms with E-state index in [4.69, 9.17) is 0 Å². The average molecular weight is 315 g/mol. The zero-order valence-electron chi connectivity index (χ0n) is 15.7. The van der Waals surface area contributed by atoms with Crippen LogP contribution < -0.4 is 0 Å². The van der Waals surface area contributed by atoms with E-state index in [0.29, 0.717) is 0 Å². The van der Waals surface area contributed by atoms with E-state index in [1.165, 1.54) is 89.9 Å². The summed E-state index contributed by atoms with van der Waals surface area (Å²) in [5.41, 5.74) is 0. The molecule has 0 heterocycles. The van der Waals surface area contributed by atoms with Gasteiger partial charge in [0.2, 0.25) is 0 Å². The maximum Gasteiger partial charge on any atom is 0.100 e. The van der Waals surface area contributed by atoms with Crippen LogP contribution in [-0.4, -0.2) is 6.17 Å². The van der Waals surface area contributed by atoms with Crippen molar-refractivity contribution in [1.82, 2.24) is 0 Å². The largest absolute Gasteiger partial charge is 0.247 e. The summed E-state index contributed by atoms with van der Waals surface area (Å²) in [6, 6.07) is 0. The van der Waals surface area contributed by atoms with Crippen LogP contribution in [0.4, 0.5) is 4.39 Å². The van der Waals surface area contributed by atoms with Crippen molar-refractivity contribution in [1.29, 1.82) is 0 Å². The standard InChI is InChI=1S/C21H43F/c1-3-5-7-9-10-11-12-13-14-15-16-18-20-21(22)19-17-8-6-4-2/h21H,3-20H2,1-2H3. The van der Waals surface area contributed by atoms with Crippen molar-refractivity contribution in [3.63, 3.8) is 0 Å². The molecule has 1 atom stereocenters. The predicted molar refractivity (Wildman–Crippen MR) is 99.4 cm³/mol. The molecule has 0 N–H and O–H groups in total. The third-order valence-electron chi connectivity index (χ3n) is 4.74. The van der Waals surface area contributed by atoms with Gasteiger partial charge < -0.3 is 0 Å². The van der Waals surface area contributed by atoms with Crippen molar-refractivity contribution in [3.8, 4) is 0 Å². The first-order valence-corrected chi connectivity index (χ1v) is 10.4. The second-order valence-corrected chi connectivity index (χ2v) is 7.12. The molecule has 0 saturated carbocycles. The Labute approximate surface area is 140 Å². The van der Waals surface area contributed by atoms with Crippen LogP contribution in [0.5, 0.6) is 0 Å². The van der Waals surface area contributed by atoms with E-state index in [1.54, 1.807) is 0 Å². The first kappa shape index (κ1) is 21.9. The van der Waals surface area contributed by atoms with Gasteiger partial charge in [-0.1, -0.05) is 117 Å². The van der Waals surface area contributed by atoms with Crippen molar-refractivity contribution in [2.24, 2.45) is 0 Å². The maximum atomic E-state index is 13.6. The molecule has 1 heteroatoms. The van der Waals surface area contributed by atoms with Gasteiger partial charge >= 0.3 is 0 Å². The number of unbranched alkanes of at least 4 members (excludes halogenated alkanes) is 14. The third kappa shape index (κ3) is 18.0. The van der Waals surface area contributed by atoms with Gasteiger partial charge in [0.05, 0.1) is 0 Å². The van der Waals surface area contributed by atoms with Gasteiger partial charge in [0, 0.05) is 0 Å². The third-order valence-corrected chi connectivity index (χ3v) is 4.74. The molecule has 1 unspecified atom stereocenters. The SMILES string of the molecule is CCCCCCCCCCCCCCC(F)CCCCCC. The number of alkyl halides is 1. The minimum Gasteiger partial charge on any atom is -0.247 e. The Morgan fingerprint density at radius 1 is 0.455 bits per heavy atom. The Morgan fingerprint density at radius 3 is 1.09 bits per heavy atom. The molecule has 0 aromatic heterocycles. The zero-order chi connectivity index (χ0) is 16.3. The van der Waals surface area contributed by atoms with Crippen LogP contribution in [-0.2, 0) is 0 Å². The minimum absolute atomic E-state index is 0.528. The predicted octanol–water partition coefficient (Wildman–Crippen LogP) is 8.39. The first-order valence-electron chi connectivity index (χ1n) is 10.4. The molecule has 0 saturated heterocycles. The molecule has 0 amide bonds. The van der Waals surface area contributed by atoms with E-state index >= 15 is 0 Å². The van der Waals surface area contributed by atoms with E-state index in [-0.39, 0.29) is 0 Å². The topological polar surface area (TPSA) is 0 Å². The van der Waals surface area contributed by atoms with Crippen molar-refractivity contribution in [2.75, 3.05) is 0 Å². The highest BCUT2D eigenvalue weighted by molar-refractivity contribution is 4.58. The number of rotatable bonds is 18. The van der Waals surface area contributed by atoms with Gasteiger partial charge in [-0.2, -0.15) is 0 Å². The van der Waals surface area contributed by atoms with Crippen molar-refractivity contribution in [3.05, 3.63) is 0 Å². The maximum absolute atomic E-state index is 13.6. The Kier molecular flexibility index (Phi) is 18.9. The lowest BCUT2D eigenvalue weighted by Gasteiger charge is -2.08. The summed E-state index contributed by atoms with van der Waals surface area (Å²) in [6.45, 7) is 4.48. The van der Waals surface area contributed by atoms with Crippen LogP contribution in [0.1, 0.15) is 129 Å². The molecule has 0 rings (SSSR count). The van der Waals surface area contributed by atoms with Crippen LogP contribution in [0.2, 0.25) is 0 Å². The summed E-state index contributed by atoms with van der Waals surface area (Å²) in [6.07, 6.45) is 22.2. The quantitative estimate of drug-likeness (QED) is 0.223. The molecule has 0 fully saturated rings. The van der Waals surface area contributed by atoms with E-state index in [2.05, 4.69) is 13.8 Å². The molecule has 0 aliphatic carbocycles. The molecular weight excluding hydrogens is 271 g/mol. The van der Waals surface area contributed by atoms with E-state index in [0.717, 1.165) is 25.7 Å². The van der Waals surface area contributed by atoms with E-state index < -0.39 is 6.17 Å². The second kappa shape index (κ2) is 19.0. The van der Waals surface area contributed by atoms with Crippen molar-refractivity contribution < 1.29 is 4.39 Å². The van der Waals surface area contributed by atoms with Crippen molar-refractivity contribution >= 4 is 0 Å². The summed E-state index contributed by atoms with van der Waals surface area (Å²) >= 11 is 0. The molecule has 0 aromatic carbocycles. The fourth-order valence-electron chi connectivity index (χ4n) is 3.14. The van der Waals surface area contributed by atoms with Gasteiger partial charge in [0.25, 0.3) is 0 Å². The summed E-state index contributed by atoms with van der Waals surface area (Å²) in [5, 5.41) is 0. The molecule has 0 aliphatic heterocycles. The smallest absolute Gasteiger partial charge is 0.100 e. The van der Waals surface area contributed by atoms with Gasteiger partial charge in [-0.15, -0.1) is 0 Å². The van der Waals surface area contributed by atoms with Crippen LogP contribution in [0.15, 0.2) is 0 Å². The highest BCUT2D eigenvalue weighted by Gasteiger charge is 2.05. The Bertz CT molecular complexity index is 190. The fraction of sp³-hybridized carbons (Fsp3) is 1.00. The Morgan fingerprint density at radius 2 is 0.727 bits per heavy atom. The molecule has 0 nitrogen and oxygen atoms in total. The van der Waals surface area contributed by atoms with E-state index in [1.807, 2.05) is 0 Å². The van der Waals surface area contributed by atoms with Crippen LogP contribution >= 0.6 is 0 Å². The zero-order valence-corrected chi connectivity index (χ0v) is 15.7. The Balaban J connectivity index is 3.07. The lowest BCUT2D eigenvalue weighted by Crippen LogP contribution is -1.99. The van der Waals surface area contributed by atoms with Gasteiger partial charge in [0.1, 0.15) is 6.17 Å². The molecule has 22 heavy (non-hydrogen) atoms.